The Hall–Kier alpha value is -2.56. The van der Waals surface area contributed by atoms with Gasteiger partial charge >= 0.3 is 6.03 Å². The molecule has 0 saturated heterocycles. The largest absolute Gasteiger partial charge is 0.506 e. The highest BCUT2D eigenvalue weighted by Crippen LogP contribution is 2.23. The summed E-state index contributed by atoms with van der Waals surface area (Å²) in [6, 6.07) is 10.7. The molecule has 0 unspecified atom stereocenters. The Morgan fingerprint density at radius 3 is 2.62 bits per heavy atom. The van der Waals surface area contributed by atoms with Crippen molar-refractivity contribution < 1.29 is 14.3 Å². The normalized spacial score (nSPS) is 10.2. The van der Waals surface area contributed by atoms with Crippen LogP contribution in [0.3, 0.4) is 0 Å². The molecular weight excluding hydrogens is 271 g/mol. The number of phenolic OH excluding ortho intramolecular Hbond substituents is 1. The van der Waals surface area contributed by atoms with Crippen LogP contribution in [0.15, 0.2) is 42.5 Å². The topological polar surface area (TPSA) is 61.4 Å². The number of urea groups is 1. The Bertz CT molecular complexity index is 627. The average molecular weight is 288 g/mol. The van der Waals surface area contributed by atoms with Crippen molar-refractivity contribution in [2.24, 2.45) is 0 Å². The quantitative estimate of drug-likeness (QED) is 0.757. The van der Waals surface area contributed by atoms with Gasteiger partial charge in [-0.3, -0.25) is 0 Å². The summed E-state index contributed by atoms with van der Waals surface area (Å²) in [5, 5.41) is 14.9. The number of nitrogens with one attached hydrogen (secondary N) is 2. The van der Waals surface area contributed by atoms with Gasteiger partial charge in [0.15, 0.2) is 0 Å². The molecule has 0 spiro atoms. The van der Waals surface area contributed by atoms with Gasteiger partial charge in [-0.1, -0.05) is 18.2 Å². The maximum absolute atomic E-state index is 12.7. The maximum Gasteiger partial charge on any atom is 0.319 e. The Balaban J connectivity index is 1.82. The lowest BCUT2D eigenvalue weighted by molar-refractivity contribution is 0.252. The zero-order chi connectivity index (χ0) is 15.2. The van der Waals surface area contributed by atoms with Crippen molar-refractivity contribution in [1.29, 1.82) is 0 Å². The number of aryl methyl sites for hydroxylation is 1. The minimum Gasteiger partial charge on any atom is -0.506 e. The smallest absolute Gasteiger partial charge is 0.319 e. The summed E-state index contributed by atoms with van der Waals surface area (Å²) in [5.74, 6) is -0.256. The molecule has 0 aromatic heterocycles. The van der Waals surface area contributed by atoms with Crippen LogP contribution < -0.4 is 10.6 Å². The number of phenols is 1. The van der Waals surface area contributed by atoms with Crippen molar-refractivity contribution >= 4 is 11.7 Å². The van der Waals surface area contributed by atoms with E-state index in [9.17, 15) is 14.3 Å². The second kappa shape index (κ2) is 6.74. The van der Waals surface area contributed by atoms with Gasteiger partial charge in [-0.05, 0) is 48.7 Å². The molecule has 2 rings (SSSR count). The number of hydrogen-bond acceptors (Lipinski definition) is 2. The van der Waals surface area contributed by atoms with E-state index in [1.807, 2.05) is 6.92 Å². The summed E-state index contributed by atoms with van der Waals surface area (Å²) in [6.45, 7) is 2.29. The van der Waals surface area contributed by atoms with Crippen LogP contribution >= 0.6 is 0 Å². The Kier molecular flexibility index (Phi) is 4.77. The highest BCUT2D eigenvalue weighted by atomic mass is 19.1. The molecule has 0 saturated carbocycles. The van der Waals surface area contributed by atoms with Gasteiger partial charge in [0.05, 0.1) is 5.69 Å². The maximum atomic E-state index is 12.7. The van der Waals surface area contributed by atoms with E-state index >= 15 is 0 Å². The van der Waals surface area contributed by atoms with Crippen molar-refractivity contribution in [2.75, 3.05) is 11.9 Å². The van der Waals surface area contributed by atoms with E-state index in [2.05, 4.69) is 10.6 Å². The molecular formula is C16H17FN2O2. The second-order valence-corrected chi connectivity index (χ2v) is 4.78. The van der Waals surface area contributed by atoms with Gasteiger partial charge in [0.25, 0.3) is 0 Å². The number of benzene rings is 2. The van der Waals surface area contributed by atoms with E-state index in [1.54, 1.807) is 24.3 Å². The number of anilines is 1. The van der Waals surface area contributed by atoms with Crippen molar-refractivity contribution in [2.45, 2.75) is 13.3 Å². The van der Waals surface area contributed by atoms with Gasteiger partial charge in [-0.15, -0.1) is 0 Å². The summed E-state index contributed by atoms with van der Waals surface area (Å²) >= 11 is 0. The van der Waals surface area contributed by atoms with Crippen LogP contribution in [0.5, 0.6) is 5.75 Å². The molecule has 0 bridgehead atoms. The lowest BCUT2D eigenvalue weighted by Crippen LogP contribution is -2.30. The van der Waals surface area contributed by atoms with Crippen molar-refractivity contribution in [3.8, 4) is 5.75 Å². The van der Waals surface area contributed by atoms with Crippen molar-refractivity contribution in [1.82, 2.24) is 5.32 Å². The molecule has 0 radical (unpaired) electrons. The summed E-state index contributed by atoms with van der Waals surface area (Å²) in [5.41, 5.74) is 2.25. The first-order valence-corrected chi connectivity index (χ1v) is 6.63. The first-order valence-electron chi connectivity index (χ1n) is 6.63. The zero-order valence-corrected chi connectivity index (χ0v) is 11.7. The SMILES string of the molecule is Cc1ccc(O)c(NC(=O)NCCc2ccc(F)cc2)c1. The Morgan fingerprint density at radius 2 is 1.90 bits per heavy atom. The van der Waals surface area contributed by atoms with E-state index in [0.717, 1.165) is 11.1 Å². The van der Waals surface area contributed by atoms with Crippen LogP contribution in [0.25, 0.3) is 0 Å². The van der Waals surface area contributed by atoms with Crippen LogP contribution in [-0.2, 0) is 6.42 Å². The van der Waals surface area contributed by atoms with Gasteiger partial charge in [0.2, 0.25) is 0 Å². The molecule has 0 fully saturated rings. The minimum absolute atomic E-state index is 0.0225. The fourth-order valence-electron chi connectivity index (χ4n) is 1.89. The fraction of sp³-hybridized carbons (Fsp3) is 0.188. The third kappa shape index (κ3) is 4.49. The predicted molar refractivity (Wildman–Crippen MR) is 80.0 cm³/mol. The Morgan fingerprint density at radius 1 is 1.19 bits per heavy atom. The van der Waals surface area contributed by atoms with Gasteiger partial charge in [0, 0.05) is 6.54 Å². The molecule has 5 heteroatoms. The summed E-state index contributed by atoms with van der Waals surface area (Å²) < 4.78 is 12.7. The van der Waals surface area contributed by atoms with Crippen molar-refractivity contribution in [3.05, 3.63) is 59.4 Å². The van der Waals surface area contributed by atoms with E-state index in [-0.39, 0.29) is 11.6 Å². The molecule has 110 valence electrons. The summed E-state index contributed by atoms with van der Waals surface area (Å²) in [4.78, 5) is 11.7. The highest BCUT2D eigenvalue weighted by molar-refractivity contribution is 5.90. The number of halogens is 1. The molecule has 0 aliphatic carbocycles. The number of amides is 2. The monoisotopic (exact) mass is 288 g/mol. The van der Waals surface area contributed by atoms with Gasteiger partial charge < -0.3 is 15.7 Å². The third-order valence-corrected chi connectivity index (χ3v) is 3.01. The minimum atomic E-state index is -0.391. The Labute approximate surface area is 122 Å². The second-order valence-electron chi connectivity index (χ2n) is 4.78. The number of rotatable bonds is 4. The summed E-state index contributed by atoms with van der Waals surface area (Å²) in [7, 11) is 0. The standard InChI is InChI=1S/C16H17FN2O2/c1-11-2-7-15(20)14(10-11)19-16(21)18-9-8-12-3-5-13(17)6-4-12/h2-7,10,20H,8-9H2,1H3,(H2,18,19,21). The highest BCUT2D eigenvalue weighted by Gasteiger charge is 2.06. The van der Waals surface area contributed by atoms with Crippen LogP contribution in [-0.4, -0.2) is 17.7 Å². The first kappa shape index (κ1) is 14.8. The van der Waals surface area contributed by atoms with Gasteiger partial charge in [-0.2, -0.15) is 0 Å². The number of carbonyl (C=O) groups excluding carboxylic acids is 1. The molecule has 3 N–H and O–H groups in total. The number of hydrogen-bond donors (Lipinski definition) is 3. The number of carbonyl (C=O) groups is 1. The van der Waals surface area contributed by atoms with E-state index < -0.39 is 6.03 Å². The van der Waals surface area contributed by atoms with Crippen LogP contribution in [0.2, 0.25) is 0 Å². The third-order valence-electron chi connectivity index (χ3n) is 3.01. The van der Waals surface area contributed by atoms with Gasteiger partial charge in [0.1, 0.15) is 11.6 Å². The fourth-order valence-corrected chi connectivity index (χ4v) is 1.89. The van der Waals surface area contributed by atoms with E-state index in [1.165, 1.54) is 18.2 Å². The van der Waals surface area contributed by atoms with Crippen molar-refractivity contribution in [3.63, 3.8) is 0 Å². The molecule has 21 heavy (non-hydrogen) atoms. The van der Waals surface area contributed by atoms with Crippen LogP contribution in [0, 0.1) is 12.7 Å². The zero-order valence-electron chi connectivity index (χ0n) is 11.7. The van der Waals surface area contributed by atoms with E-state index in [4.69, 9.17) is 0 Å². The first-order chi connectivity index (χ1) is 10.0. The van der Waals surface area contributed by atoms with Crippen LogP contribution in [0.4, 0.5) is 14.9 Å². The molecule has 2 aromatic rings. The average Bonchev–Trinajstić information content (AvgIpc) is 2.45. The lowest BCUT2D eigenvalue weighted by atomic mass is 10.1. The lowest BCUT2D eigenvalue weighted by Gasteiger charge is -2.09. The number of aromatic hydroxyl groups is 1. The molecule has 0 aliphatic heterocycles. The molecule has 0 aliphatic rings. The molecule has 2 aromatic carbocycles. The van der Waals surface area contributed by atoms with E-state index in [0.29, 0.717) is 18.7 Å². The van der Waals surface area contributed by atoms with Gasteiger partial charge in [-0.25, -0.2) is 9.18 Å². The van der Waals surface area contributed by atoms with Crippen LogP contribution in [0.1, 0.15) is 11.1 Å². The molecule has 4 nitrogen and oxygen atoms in total. The predicted octanol–water partition coefficient (Wildman–Crippen LogP) is 3.20. The molecule has 0 heterocycles. The molecule has 0 atom stereocenters. The summed E-state index contributed by atoms with van der Waals surface area (Å²) in [6.07, 6.45) is 0.605. The molecule has 2 amide bonds.